The number of hydrogen-bond donors (Lipinski definition) is 2. The summed E-state index contributed by atoms with van der Waals surface area (Å²) >= 11 is 0. The van der Waals surface area contributed by atoms with Crippen LogP contribution in [-0.2, 0) is 0 Å². The van der Waals surface area contributed by atoms with Crippen LogP contribution in [0.1, 0.15) is 84.0 Å². The van der Waals surface area contributed by atoms with E-state index in [1.807, 2.05) is 0 Å². The van der Waals surface area contributed by atoms with Gasteiger partial charge in [-0.1, -0.05) is 64.7 Å². The first-order valence-electron chi connectivity index (χ1n) is 9.38. The van der Waals surface area contributed by atoms with Crippen LogP contribution in [0.5, 0.6) is 0 Å². The Morgan fingerprint density at radius 2 is 1.14 bits per heavy atom. The van der Waals surface area contributed by atoms with E-state index in [1.54, 1.807) is 0 Å². The third-order valence-electron chi connectivity index (χ3n) is 4.17. The lowest BCUT2D eigenvalue weighted by atomic mass is 10.1. The van der Waals surface area contributed by atoms with Crippen molar-refractivity contribution in [2.75, 3.05) is 32.8 Å². The molecule has 0 saturated carbocycles. The van der Waals surface area contributed by atoms with E-state index in [-0.39, 0.29) is 0 Å². The third kappa shape index (κ3) is 16.1. The van der Waals surface area contributed by atoms with E-state index in [0.29, 0.717) is 6.61 Å². The standard InChI is InChI=1S/C18H40N2O/c1-2-3-4-12-15-20(17-18-21)16-13-10-8-6-5-7-9-11-14-19/h21H,2-19H2,1H3. The largest absolute Gasteiger partial charge is 0.395 e. The van der Waals surface area contributed by atoms with E-state index in [1.165, 1.54) is 90.1 Å². The first-order valence-corrected chi connectivity index (χ1v) is 9.38. The Labute approximate surface area is 133 Å². The Hall–Kier alpha value is -0.120. The van der Waals surface area contributed by atoms with Crippen LogP contribution >= 0.6 is 0 Å². The molecule has 0 aliphatic heterocycles. The van der Waals surface area contributed by atoms with Crippen molar-refractivity contribution in [3.8, 4) is 0 Å². The van der Waals surface area contributed by atoms with Crippen molar-refractivity contribution in [3.63, 3.8) is 0 Å². The molecule has 3 heteroatoms. The maximum absolute atomic E-state index is 9.13. The minimum absolute atomic E-state index is 0.301. The van der Waals surface area contributed by atoms with E-state index >= 15 is 0 Å². The van der Waals surface area contributed by atoms with Crippen LogP contribution < -0.4 is 5.73 Å². The molecule has 0 bridgehead atoms. The van der Waals surface area contributed by atoms with Gasteiger partial charge >= 0.3 is 0 Å². The highest BCUT2D eigenvalue weighted by Gasteiger charge is 2.03. The van der Waals surface area contributed by atoms with Gasteiger partial charge in [-0.2, -0.15) is 0 Å². The molecule has 0 rings (SSSR count). The summed E-state index contributed by atoms with van der Waals surface area (Å²) in [5, 5.41) is 9.13. The normalized spacial score (nSPS) is 11.4. The zero-order valence-corrected chi connectivity index (χ0v) is 14.5. The molecule has 0 aliphatic carbocycles. The van der Waals surface area contributed by atoms with Crippen LogP contribution in [0.3, 0.4) is 0 Å². The molecule has 21 heavy (non-hydrogen) atoms. The van der Waals surface area contributed by atoms with Gasteiger partial charge in [0, 0.05) is 6.54 Å². The number of nitrogens with two attached hydrogens (primary N) is 1. The van der Waals surface area contributed by atoms with Gasteiger partial charge < -0.3 is 15.7 Å². The molecule has 0 spiro atoms. The number of hydrogen-bond acceptors (Lipinski definition) is 3. The second-order valence-electron chi connectivity index (χ2n) is 6.24. The maximum atomic E-state index is 9.13. The van der Waals surface area contributed by atoms with E-state index in [4.69, 9.17) is 10.8 Å². The Kier molecular flexibility index (Phi) is 17.8. The van der Waals surface area contributed by atoms with Gasteiger partial charge in [0.05, 0.1) is 6.61 Å². The summed E-state index contributed by atoms with van der Waals surface area (Å²) in [6.07, 6.45) is 15.9. The summed E-state index contributed by atoms with van der Waals surface area (Å²) in [5.74, 6) is 0. The molecule has 3 N–H and O–H groups in total. The molecule has 0 amide bonds. The average Bonchev–Trinajstić information content (AvgIpc) is 2.49. The highest BCUT2D eigenvalue weighted by molar-refractivity contribution is 4.58. The second kappa shape index (κ2) is 17.9. The van der Waals surface area contributed by atoms with Crippen LogP contribution in [0.4, 0.5) is 0 Å². The number of unbranched alkanes of at least 4 members (excludes halogenated alkanes) is 10. The number of aliphatic hydroxyl groups is 1. The van der Waals surface area contributed by atoms with E-state index in [9.17, 15) is 0 Å². The van der Waals surface area contributed by atoms with Crippen molar-refractivity contribution in [1.82, 2.24) is 4.90 Å². The second-order valence-corrected chi connectivity index (χ2v) is 6.24. The Morgan fingerprint density at radius 1 is 0.667 bits per heavy atom. The highest BCUT2D eigenvalue weighted by atomic mass is 16.3. The molecule has 0 aromatic heterocycles. The lowest BCUT2D eigenvalue weighted by molar-refractivity contribution is 0.190. The van der Waals surface area contributed by atoms with Crippen molar-refractivity contribution in [1.29, 1.82) is 0 Å². The predicted molar refractivity (Wildman–Crippen MR) is 93.7 cm³/mol. The SMILES string of the molecule is CCCCCCN(CCO)CCCCCCCCCCN. The molecule has 0 heterocycles. The molecule has 0 aromatic rings. The summed E-state index contributed by atoms with van der Waals surface area (Å²) in [6.45, 7) is 6.58. The molecule has 3 nitrogen and oxygen atoms in total. The van der Waals surface area contributed by atoms with Gasteiger partial charge in [-0.25, -0.2) is 0 Å². The molecule has 0 radical (unpaired) electrons. The fourth-order valence-corrected chi connectivity index (χ4v) is 2.78. The molecule has 0 saturated heterocycles. The van der Waals surface area contributed by atoms with Crippen LogP contribution in [-0.4, -0.2) is 42.8 Å². The summed E-state index contributed by atoms with van der Waals surface area (Å²) in [7, 11) is 0. The molecule has 0 unspecified atom stereocenters. The average molecular weight is 301 g/mol. The fourth-order valence-electron chi connectivity index (χ4n) is 2.78. The summed E-state index contributed by atoms with van der Waals surface area (Å²) < 4.78 is 0. The zero-order valence-electron chi connectivity index (χ0n) is 14.5. The van der Waals surface area contributed by atoms with Gasteiger partial charge in [-0.3, -0.25) is 0 Å². The van der Waals surface area contributed by atoms with Crippen molar-refractivity contribution >= 4 is 0 Å². The summed E-state index contributed by atoms with van der Waals surface area (Å²) in [4.78, 5) is 2.44. The number of nitrogens with zero attached hydrogens (tertiary/aromatic N) is 1. The van der Waals surface area contributed by atoms with Gasteiger partial charge in [-0.05, 0) is 38.9 Å². The van der Waals surface area contributed by atoms with Gasteiger partial charge in [-0.15, -0.1) is 0 Å². The van der Waals surface area contributed by atoms with Crippen LogP contribution in [0, 0.1) is 0 Å². The van der Waals surface area contributed by atoms with E-state index in [0.717, 1.165) is 13.1 Å². The smallest absolute Gasteiger partial charge is 0.0558 e. The van der Waals surface area contributed by atoms with Crippen LogP contribution in [0.25, 0.3) is 0 Å². The molecular weight excluding hydrogens is 260 g/mol. The van der Waals surface area contributed by atoms with Gasteiger partial charge in [0.15, 0.2) is 0 Å². The fraction of sp³-hybridized carbons (Fsp3) is 1.00. The maximum Gasteiger partial charge on any atom is 0.0558 e. The zero-order chi connectivity index (χ0) is 15.6. The Bertz CT molecular complexity index is 188. The summed E-state index contributed by atoms with van der Waals surface area (Å²) in [6, 6.07) is 0. The van der Waals surface area contributed by atoms with E-state index < -0.39 is 0 Å². The lowest BCUT2D eigenvalue weighted by Gasteiger charge is -2.21. The van der Waals surface area contributed by atoms with Gasteiger partial charge in [0.25, 0.3) is 0 Å². The van der Waals surface area contributed by atoms with Crippen molar-refractivity contribution < 1.29 is 5.11 Å². The summed E-state index contributed by atoms with van der Waals surface area (Å²) in [5.41, 5.74) is 5.49. The van der Waals surface area contributed by atoms with Gasteiger partial charge in [0.2, 0.25) is 0 Å². The van der Waals surface area contributed by atoms with Crippen LogP contribution in [0.2, 0.25) is 0 Å². The van der Waals surface area contributed by atoms with Crippen molar-refractivity contribution in [3.05, 3.63) is 0 Å². The Morgan fingerprint density at radius 3 is 1.62 bits per heavy atom. The van der Waals surface area contributed by atoms with Gasteiger partial charge in [0.1, 0.15) is 0 Å². The highest BCUT2D eigenvalue weighted by Crippen LogP contribution is 2.09. The lowest BCUT2D eigenvalue weighted by Crippen LogP contribution is -2.29. The minimum atomic E-state index is 0.301. The van der Waals surface area contributed by atoms with Crippen LogP contribution in [0.15, 0.2) is 0 Å². The number of rotatable bonds is 17. The quantitative estimate of drug-likeness (QED) is 0.400. The third-order valence-corrected chi connectivity index (χ3v) is 4.17. The topological polar surface area (TPSA) is 49.5 Å². The predicted octanol–water partition coefficient (Wildman–Crippen LogP) is 3.94. The molecular formula is C18H40N2O. The molecule has 0 aromatic carbocycles. The molecule has 0 aliphatic rings. The Balaban J connectivity index is 3.38. The monoisotopic (exact) mass is 300 g/mol. The molecule has 0 fully saturated rings. The molecule has 0 atom stereocenters. The number of aliphatic hydroxyl groups excluding tert-OH is 1. The van der Waals surface area contributed by atoms with E-state index in [2.05, 4.69) is 11.8 Å². The first-order chi connectivity index (χ1) is 10.3. The van der Waals surface area contributed by atoms with Crippen molar-refractivity contribution in [2.45, 2.75) is 84.0 Å². The molecule has 128 valence electrons. The van der Waals surface area contributed by atoms with Crippen molar-refractivity contribution in [2.24, 2.45) is 5.73 Å². The first kappa shape index (κ1) is 20.9. The minimum Gasteiger partial charge on any atom is -0.395 e.